The van der Waals surface area contributed by atoms with Crippen molar-refractivity contribution in [1.82, 2.24) is 19.7 Å². The SMILES string of the molecule is CCCCNc1nc(NC(=O)O)nc2cnn(Cc3cc(C#N)ccc3OC)c12. The number of carbonyl (C=O) groups is 1. The average Bonchev–Trinajstić information content (AvgIpc) is 3.10. The van der Waals surface area contributed by atoms with E-state index in [2.05, 4.69) is 38.7 Å². The van der Waals surface area contributed by atoms with Crippen LogP contribution in [0.15, 0.2) is 24.4 Å². The molecule has 10 heteroatoms. The van der Waals surface area contributed by atoms with Crippen LogP contribution in [0.4, 0.5) is 16.6 Å². The summed E-state index contributed by atoms with van der Waals surface area (Å²) in [5, 5.41) is 28.0. The predicted molar refractivity (Wildman–Crippen MR) is 107 cm³/mol. The molecule has 0 fully saturated rings. The zero-order valence-corrected chi connectivity index (χ0v) is 16.1. The first-order chi connectivity index (χ1) is 14.0. The van der Waals surface area contributed by atoms with Crippen LogP contribution in [0, 0.1) is 11.3 Å². The maximum atomic E-state index is 11.0. The van der Waals surface area contributed by atoms with Crippen LogP contribution in [-0.2, 0) is 6.54 Å². The number of fused-ring (bicyclic) bond motifs is 1. The molecule has 3 N–H and O–H groups in total. The van der Waals surface area contributed by atoms with Crippen molar-refractivity contribution < 1.29 is 14.6 Å². The lowest BCUT2D eigenvalue weighted by atomic mass is 10.1. The van der Waals surface area contributed by atoms with Crippen molar-refractivity contribution in [2.75, 3.05) is 24.3 Å². The smallest absolute Gasteiger partial charge is 0.411 e. The predicted octanol–water partition coefficient (Wildman–Crippen LogP) is 3.06. The number of anilines is 2. The van der Waals surface area contributed by atoms with Gasteiger partial charge in [-0.1, -0.05) is 13.3 Å². The van der Waals surface area contributed by atoms with Gasteiger partial charge in [-0.05, 0) is 24.6 Å². The second-order valence-electron chi connectivity index (χ2n) is 6.28. The van der Waals surface area contributed by atoms with E-state index in [-0.39, 0.29) is 5.95 Å². The lowest BCUT2D eigenvalue weighted by Gasteiger charge is -2.13. The van der Waals surface area contributed by atoms with E-state index in [1.54, 1.807) is 36.2 Å². The highest BCUT2D eigenvalue weighted by atomic mass is 16.5. The normalized spacial score (nSPS) is 10.5. The molecule has 0 spiro atoms. The van der Waals surface area contributed by atoms with Gasteiger partial charge in [-0.25, -0.2) is 9.78 Å². The number of ether oxygens (including phenoxy) is 1. The molecule has 0 saturated carbocycles. The largest absolute Gasteiger partial charge is 0.496 e. The number of benzene rings is 1. The van der Waals surface area contributed by atoms with Gasteiger partial charge in [-0.2, -0.15) is 15.3 Å². The number of amides is 1. The van der Waals surface area contributed by atoms with Crippen LogP contribution in [-0.4, -0.2) is 44.6 Å². The third-order valence-electron chi connectivity index (χ3n) is 4.26. The van der Waals surface area contributed by atoms with Crippen LogP contribution in [0.5, 0.6) is 5.75 Å². The second-order valence-corrected chi connectivity index (χ2v) is 6.28. The molecular formula is C19H21N7O3. The number of nitrogens with one attached hydrogen (secondary N) is 2. The first kappa shape index (κ1) is 19.9. The summed E-state index contributed by atoms with van der Waals surface area (Å²) in [7, 11) is 1.57. The maximum absolute atomic E-state index is 11.0. The van der Waals surface area contributed by atoms with E-state index in [0.717, 1.165) is 18.4 Å². The number of aromatic nitrogens is 4. The van der Waals surface area contributed by atoms with Crippen molar-refractivity contribution in [1.29, 1.82) is 5.26 Å². The molecule has 0 bridgehead atoms. The van der Waals surface area contributed by atoms with Gasteiger partial charge < -0.3 is 15.2 Å². The topological polar surface area (TPSA) is 138 Å². The van der Waals surface area contributed by atoms with Crippen molar-refractivity contribution >= 4 is 28.9 Å². The Morgan fingerprint density at radius 1 is 1.38 bits per heavy atom. The molecule has 3 rings (SSSR count). The molecule has 0 aliphatic rings. The van der Waals surface area contributed by atoms with E-state index in [1.165, 1.54) is 0 Å². The lowest BCUT2D eigenvalue weighted by molar-refractivity contribution is 0.209. The molecule has 0 atom stereocenters. The van der Waals surface area contributed by atoms with Crippen LogP contribution in [0.1, 0.15) is 30.9 Å². The fourth-order valence-corrected chi connectivity index (χ4v) is 2.91. The fourth-order valence-electron chi connectivity index (χ4n) is 2.91. The Morgan fingerprint density at radius 2 is 2.21 bits per heavy atom. The molecule has 3 aromatic rings. The minimum Gasteiger partial charge on any atom is -0.496 e. The van der Waals surface area contributed by atoms with Crippen molar-refractivity contribution in [3.63, 3.8) is 0 Å². The Bertz CT molecular complexity index is 1070. The molecule has 0 radical (unpaired) electrons. The van der Waals surface area contributed by atoms with Gasteiger partial charge in [0.15, 0.2) is 5.82 Å². The zero-order valence-electron chi connectivity index (χ0n) is 16.1. The molecule has 1 amide bonds. The van der Waals surface area contributed by atoms with Gasteiger partial charge in [0, 0.05) is 12.1 Å². The summed E-state index contributed by atoms with van der Waals surface area (Å²) in [6.45, 7) is 3.08. The van der Waals surface area contributed by atoms with E-state index < -0.39 is 6.09 Å². The van der Waals surface area contributed by atoms with Crippen molar-refractivity contribution in [2.24, 2.45) is 0 Å². The number of hydrogen-bond donors (Lipinski definition) is 3. The molecule has 0 unspecified atom stereocenters. The third-order valence-corrected chi connectivity index (χ3v) is 4.26. The summed E-state index contributed by atoms with van der Waals surface area (Å²) in [6.07, 6.45) is 2.24. The van der Waals surface area contributed by atoms with Gasteiger partial charge in [0.1, 0.15) is 16.8 Å². The van der Waals surface area contributed by atoms with Crippen molar-refractivity contribution in [3.8, 4) is 11.8 Å². The van der Waals surface area contributed by atoms with Crippen molar-refractivity contribution in [3.05, 3.63) is 35.5 Å². The average molecular weight is 395 g/mol. The molecule has 0 saturated heterocycles. The Morgan fingerprint density at radius 3 is 2.90 bits per heavy atom. The summed E-state index contributed by atoms with van der Waals surface area (Å²) < 4.78 is 7.11. The second kappa shape index (κ2) is 8.88. The van der Waals surface area contributed by atoms with E-state index in [9.17, 15) is 10.1 Å². The van der Waals surface area contributed by atoms with Crippen LogP contribution in [0.25, 0.3) is 11.0 Å². The summed E-state index contributed by atoms with van der Waals surface area (Å²) in [6, 6.07) is 7.30. The van der Waals surface area contributed by atoms with Gasteiger partial charge in [0.25, 0.3) is 0 Å². The Kier molecular flexibility index (Phi) is 6.09. The monoisotopic (exact) mass is 395 g/mol. The van der Waals surface area contributed by atoms with E-state index in [1.807, 2.05) is 0 Å². The summed E-state index contributed by atoms with van der Waals surface area (Å²) >= 11 is 0. The Hall–Kier alpha value is -3.87. The number of methoxy groups -OCH3 is 1. The highest BCUT2D eigenvalue weighted by Gasteiger charge is 2.16. The number of unbranched alkanes of at least 4 members (excludes halogenated alkanes) is 1. The number of nitrogens with zero attached hydrogens (tertiary/aromatic N) is 5. The molecule has 0 aliphatic carbocycles. The molecule has 1 aromatic carbocycles. The first-order valence-electron chi connectivity index (χ1n) is 9.10. The number of hydrogen-bond acceptors (Lipinski definition) is 7. The van der Waals surface area contributed by atoms with Crippen LogP contribution in [0.2, 0.25) is 0 Å². The van der Waals surface area contributed by atoms with E-state index in [0.29, 0.717) is 41.3 Å². The highest BCUT2D eigenvalue weighted by molar-refractivity contribution is 5.89. The minimum absolute atomic E-state index is 0.0207. The van der Waals surface area contributed by atoms with Crippen LogP contribution in [0.3, 0.4) is 0 Å². The Balaban J connectivity index is 2.05. The van der Waals surface area contributed by atoms with Crippen LogP contribution < -0.4 is 15.4 Å². The number of carboxylic acid groups (broad SMARTS) is 1. The molecule has 150 valence electrons. The molecule has 2 aromatic heterocycles. The molecule has 2 heterocycles. The first-order valence-corrected chi connectivity index (χ1v) is 9.10. The van der Waals surface area contributed by atoms with Gasteiger partial charge >= 0.3 is 6.09 Å². The lowest BCUT2D eigenvalue weighted by Crippen LogP contribution is -2.14. The van der Waals surface area contributed by atoms with E-state index in [4.69, 9.17) is 9.84 Å². The summed E-state index contributed by atoms with van der Waals surface area (Å²) in [5.74, 6) is 1.10. The fraction of sp³-hybridized carbons (Fsp3) is 0.316. The van der Waals surface area contributed by atoms with Crippen LogP contribution >= 0.6 is 0 Å². The van der Waals surface area contributed by atoms with Gasteiger partial charge in [-0.15, -0.1) is 0 Å². The summed E-state index contributed by atoms with van der Waals surface area (Å²) in [5.41, 5.74) is 2.44. The zero-order chi connectivity index (χ0) is 20.8. The Labute approximate surface area is 167 Å². The maximum Gasteiger partial charge on any atom is 0.411 e. The number of rotatable bonds is 8. The molecule has 10 nitrogen and oxygen atoms in total. The van der Waals surface area contributed by atoms with Gasteiger partial charge in [0.2, 0.25) is 5.95 Å². The number of nitriles is 1. The van der Waals surface area contributed by atoms with Crippen molar-refractivity contribution in [2.45, 2.75) is 26.3 Å². The van der Waals surface area contributed by atoms with Gasteiger partial charge in [0.05, 0.1) is 31.5 Å². The standard InChI is InChI=1S/C19H21N7O3/c1-3-4-7-21-17-16-14(23-18(24-17)25-19(27)28)10-22-26(16)11-13-8-12(9-20)5-6-15(13)29-2/h5-6,8,10H,3-4,7,11H2,1-2H3,(H,27,28)(H2,21,23,24,25). The molecule has 0 aliphatic heterocycles. The van der Waals surface area contributed by atoms with E-state index >= 15 is 0 Å². The highest BCUT2D eigenvalue weighted by Crippen LogP contribution is 2.26. The third kappa shape index (κ3) is 4.52. The molecule has 29 heavy (non-hydrogen) atoms. The van der Waals surface area contributed by atoms with Gasteiger partial charge in [-0.3, -0.25) is 10.00 Å². The minimum atomic E-state index is -1.24. The molecular weight excluding hydrogens is 374 g/mol. The quantitative estimate of drug-likeness (QED) is 0.495. The summed E-state index contributed by atoms with van der Waals surface area (Å²) in [4.78, 5) is 19.5.